The van der Waals surface area contributed by atoms with Crippen molar-refractivity contribution in [1.82, 2.24) is 0 Å². The van der Waals surface area contributed by atoms with Crippen molar-refractivity contribution in [1.29, 1.82) is 0 Å². The molecule has 2 N–H and O–H groups in total. The lowest BCUT2D eigenvalue weighted by atomic mass is 10.0. The molecule has 0 saturated heterocycles. The van der Waals surface area contributed by atoms with Crippen molar-refractivity contribution >= 4 is 34.0 Å². The summed E-state index contributed by atoms with van der Waals surface area (Å²) in [5.74, 6) is -0.158. The number of carbonyl (C=O) groups is 2. The second-order valence-corrected chi connectivity index (χ2v) is 7.16. The first kappa shape index (κ1) is 21.8. The van der Waals surface area contributed by atoms with Crippen molar-refractivity contribution in [3.8, 4) is 11.5 Å². The molecule has 0 atom stereocenters. The topological polar surface area (TPSA) is 76.7 Å². The average Bonchev–Trinajstić information content (AvgIpc) is 2.82. The molecule has 4 aromatic rings. The number of fused-ring (bicyclic) bond motifs is 1. The van der Waals surface area contributed by atoms with E-state index in [2.05, 4.69) is 10.6 Å². The van der Waals surface area contributed by atoms with Gasteiger partial charge in [0.2, 0.25) is 0 Å². The molecular formula is C26H21FN2O4. The number of benzene rings is 4. The number of para-hydroxylation sites is 2. The van der Waals surface area contributed by atoms with E-state index in [9.17, 15) is 14.0 Å². The summed E-state index contributed by atoms with van der Waals surface area (Å²) in [5.41, 5.74) is 1.31. The quantitative estimate of drug-likeness (QED) is 0.408. The van der Waals surface area contributed by atoms with Crippen molar-refractivity contribution in [3.63, 3.8) is 0 Å². The Morgan fingerprint density at radius 3 is 2.36 bits per heavy atom. The van der Waals surface area contributed by atoms with Crippen LogP contribution in [0.15, 0.2) is 84.9 Å². The Bertz CT molecular complexity index is 1320. The van der Waals surface area contributed by atoms with Crippen LogP contribution in [-0.2, 0) is 4.79 Å². The van der Waals surface area contributed by atoms with Crippen LogP contribution in [-0.4, -0.2) is 25.5 Å². The molecule has 0 aliphatic carbocycles. The number of amides is 2. The fourth-order valence-electron chi connectivity index (χ4n) is 3.44. The maximum absolute atomic E-state index is 13.4. The fourth-order valence-corrected chi connectivity index (χ4v) is 3.44. The summed E-state index contributed by atoms with van der Waals surface area (Å²) >= 11 is 0. The lowest BCUT2D eigenvalue weighted by Crippen LogP contribution is -2.20. The lowest BCUT2D eigenvalue weighted by molar-refractivity contribution is -0.118. The van der Waals surface area contributed by atoms with Gasteiger partial charge in [-0.05, 0) is 47.9 Å². The predicted octanol–water partition coefficient (Wildman–Crippen LogP) is 5.26. The number of hydrogen-bond donors (Lipinski definition) is 2. The van der Waals surface area contributed by atoms with Crippen LogP contribution in [0.2, 0.25) is 0 Å². The van der Waals surface area contributed by atoms with E-state index in [1.165, 1.54) is 25.3 Å². The molecule has 0 saturated carbocycles. The smallest absolute Gasteiger partial charge is 0.262 e. The molecule has 4 rings (SSSR count). The Morgan fingerprint density at radius 2 is 1.58 bits per heavy atom. The number of hydrogen-bond acceptors (Lipinski definition) is 4. The average molecular weight is 444 g/mol. The number of rotatable bonds is 7. The molecule has 0 heterocycles. The maximum atomic E-state index is 13.4. The number of methoxy groups -OCH3 is 1. The van der Waals surface area contributed by atoms with Gasteiger partial charge < -0.3 is 20.1 Å². The van der Waals surface area contributed by atoms with Crippen LogP contribution in [0.4, 0.5) is 15.8 Å². The summed E-state index contributed by atoms with van der Waals surface area (Å²) < 4.78 is 24.4. The summed E-state index contributed by atoms with van der Waals surface area (Å²) in [5, 5.41) is 6.78. The maximum Gasteiger partial charge on any atom is 0.262 e. The molecule has 2 amide bonds. The largest absolute Gasteiger partial charge is 0.495 e. The number of ether oxygens (including phenoxy) is 2. The minimum absolute atomic E-state index is 0.225. The first-order valence-electron chi connectivity index (χ1n) is 10.2. The summed E-state index contributed by atoms with van der Waals surface area (Å²) in [7, 11) is 1.53. The second kappa shape index (κ2) is 9.82. The Morgan fingerprint density at radius 1 is 0.818 bits per heavy atom. The van der Waals surface area contributed by atoms with Crippen LogP contribution in [0, 0.1) is 5.82 Å². The molecule has 0 radical (unpaired) electrons. The standard InChI is InChI=1S/C26H21FN2O4/c1-32-24-12-5-4-11-22(24)29-25(30)16-33-23-14-13-21(19-9-2-3-10-20(19)23)26(31)28-18-8-6-7-17(27)15-18/h2-15H,16H2,1H3,(H,28,31)(H,29,30). The van der Waals surface area contributed by atoms with Gasteiger partial charge in [-0.1, -0.05) is 42.5 Å². The van der Waals surface area contributed by atoms with Gasteiger partial charge in [-0.2, -0.15) is 0 Å². The van der Waals surface area contributed by atoms with Gasteiger partial charge in [0.1, 0.15) is 17.3 Å². The molecule has 4 aromatic carbocycles. The summed E-state index contributed by atoms with van der Waals surface area (Å²) in [6, 6.07) is 23.2. The molecule has 0 spiro atoms. The predicted molar refractivity (Wildman–Crippen MR) is 125 cm³/mol. The van der Waals surface area contributed by atoms with Crippen LogP contribution >= 0.6 is 0 Å². The first-order chi connectivity index (χ1) is 16.0. The lowest BCUT2D eigenvalue weighted by Gasteiger charge is -2.14. The molecule has 0 unspecified atom stereocenters. The van der Waals surface area contributed by atoms with Crippen molar-refractivity contribution in [3.05, 3.63) is 96.3 Å². The summed E-state index contributed by atoms with van der Waals surface area (Å²) in [6.07, 6.45) is 0. The van der Waals surface area contributed by atoms with E-state index >= 15 is 0 Å². The summed E-state index contributed by atoms with van der Waals surface area (Å²) in [4.78, 5) is 25.2. The Balaban J connectivity index is 1.51. The molecule has 6 nitrogen and oxygen atoms in total. The van der Waals surface area contributed by atoms with E-state index < -0.39 is 5.82 Å². The van der Waals surface area contributed by atoms with E-state index in [0.717, 1.165) is 0 Å². The molecule has 7 heteroatoms. The zero-order valence-electron chi connectivity index (χ0n) is 17.8. The Labute approximate surface area is 190 Å². The van der Waals surface area contributed by atoms with Gasteiger partial charge in [-0.15, -0.1) is 0 Å². The molecule has 0 aliphatic rings. The number of anilines is 2. The highest BCUT2D eigenvalue weighted by Gasteiger charge is 2.15. The van der Waals surface area contributed by atoms with Gasteiger partial charge in [0.25, 0.3) is 11.8 Å². The Kier molecular flexibility index (Phi) is 6.50. The normalized spacial score (nSPS) is 10.5. The fraction of sp³-hybridized carbons (Fsp3) is 0.0769. The molecular weight excluding hydrogens is 423 g/mol. The van der Waals surface area contributed by atoms with Gasteiger partial charge in [-0.3, -0.25) is 9.59 Å². The monoisotopic (exact) mass is 444 g/mol. The third-order valence-electron chi connectivity index (χ3n) is 4.95. The van der Waals surface area contributed by atoms with Crippen molar-refractivity contribution < 1.29 is 23.5 Å². The van der Waals surface area contributed by atoms with Crippen molar-refractivity contribution in [2.45, 2.75) is 0 Å². The number of halogens is 1. The van der Waals surface area contributed by atoms with Crippen LogP contribution in [0.25, 0.3) is 10.8 Å². The van der Waals surface area contributed by atoms with E-state index in [1.807, 2.05) is 18.2 Å². The first-order valence-corrected chi connectivity index (χ1v) is 10.2. The molecule has 0 fully saturated rings. The highest BCUT2D eigenvalue weighted by Crippen LogP contribution is 2.29. The molecule has 0 bridgehead atoms. The molecule has 33 heavy (non-hydrogen) atoms. The molecule has 0 aliphatic heterocycles. The van der Waals surface area contributed by atoms with Crippen LogP contribution in [0.3, 0.4) is 0 Å². The third-order valence-corrected chi connectivity index (χ3v) is 4.95. The van der Waals surface area contributed by atoms with E-state index in [1.54, 1.807) is 48.5 Å². The van der Waals surface area contributed by atoms with E-state index in [0.29, 0.717) is 39.2 Å². The van der Waals surface area contributed by atoms with Crippen LogP contribution in [0.1, 0.15) is 10.4 Å². The zero-order chi connectivity index (χ0) is 23.2. The number of carbonyl (C=O) groups excluding carboxylic acids is 2. The van der Waals surface area contributed by atoms with Crippen LogP contribution in [0.5, 0.6) is 11.5 Å². The van der Waals surface area contributed by atoms with Gasteiger partial charge in [0.15, 0.2) is 6.61 Å². The minimum Gasteiger partial charge on any atom is -0.495 e. The highest BCUT2D eigenvalue weighted by atomic mass is 19.1. The van der Waals surface area contributed by atoms with Crippen LogP contribution < -0.4 is 20.1 Å². The second-order valence-electron chi connectivity index (χ2n) is 7.16. The molecule has 0 aromatic heterocycles. The summed E-state index contributed by atoms with van der Waals surface area (Å²) in [6.45, 7) is -0.225. The van der Waals surface area contributed by atoms with E-state index in [-0.39, 0.29) is 18.4 Å². The zero-order valence-corrected chi connectivity index (χ0v) is 17.8. The Hall–Kier alpha value is -4.39. The van der Waals surface area contributed by atoms with Gasteiger partial charge in [-0.25, -0.2) is 4.39 Å². The highest BCUT2D eigenvalue weighted by molar-refractivity contribution is 6.14. The van der Waals surface area contributed by atoms with Crippen molar-refractivity contribution in [2.75, 3.05) is 24.4 Å². The van der Waals surface area contributed by atoms with Gasteiger partial charge in [0, 0.05) is 16.6 Å². The van der Waals surface area contributed by atoms with E-state index in [4.69, 9.17) is 9.47 Å². The van der Waals surface area contributed by atoms with Gasteiger partial charge >= 0.3 is 0 Å². The number of nitrogens with one attached hydrogen (secondary N) is 2. The van der Waals surface area contributed by atoms with Gasteiger partial charge in [0.05, 0.1) is 12.8 Å². The molecule has 166 valence electrons. The third kappa shape index (κ3) is 5.10. The minimum atomic E-state index is -0.437. The van der Waals surface area contributed by atoms with Crippen molar-refractivity contribution in [2.24, 2.45) is 0 Å². The SMILES string of the molecule is COc1ccccc1NC(=O)COc1ccc(C(=O)Nc2cccc(F)c2)c2ccccc12.